The molecule has 1 saturated heterocycles. The highest BCUT2D eigenvalue weighted by Crippen LogP contribution is 2.34. The second kappa shape index (κ2) is 9.15. The zero-order valence-corrected chi connectivity index (χ0v) is 19.4. The molecule has 1 fully saturated rings. The lowest BCUT2D eigenvalue weighted by Gasteiger charge is -2.26. The summed E-state index contributed by atoms with van der Waals surface area (Å²) in [4.78, 5) is 27.1. The van der Waals surface area contributed by atoms with Gasteiger partial charge >= 0.3 is 6.09 Å². The fourth-order valence-electron chi connectivity index (χ4n) is 4.13. The van der Waals surface area contributed by atoms with Crippen LogP contribution >= 0.6 is 0 Å². The van der Waals surface area contributed by atoms with Crippen LogP contribution in [0.5, 0.6) is 0 Å². The first-order valence-electron chi connectivity index (χ1n) is 11.0. The van der Waals surface area contributed by atoms with Gasteiger partial charge in [-0.3, -0.25) is 15.3 Å². The number of hydrogen-bond donors (Lipinski definition) is 2. The number of pyridine rings is 3. The van der Waals surface area contributed by atoms with Crippen molar-refractivity contribution in [3.8, 4) is 22.4 Å². The Bertz CT molecular complexity index is 1160. The van der Waals surface area contributed by atoms with Gasteiger partial charge in [0.1, 0.15) is 5.82 Å². The van der Waals surface area contributed by atoms with E-state index in [2.05, 4.69) is 36.0 Å². The van der Waals surface area contributed by atoms with Crippen LogP contribution < -0.4 is 10.2 Å². The summed E-state index contributed by atoms with van der Waals surface area (Å²) in [5.41, 5.74) is 4.91. The number of carbonyl (C=O) groups is 1. The first-order valence-corrected chi connectivity index (χ1v) is 11.0. The zero-order valence-electron chi connectivity index (χ0n) is 19.4. The molecule has 1 aliphatic heterocycles. The Balaban J connectivity index is 1.62. The minimum Gasteiger partial charge on any atom is -0.453 e. The molecule has 0 radical (unpaired) electrons. The molecule has 8 heteroatoms. The molecule has 3 aromatic heterocycles. The molecule has 1 amide bonds. The Hall–Kier alpha value is -3.52. The maximum atomic E-state index is 11.5. The van der Waals surface area contributed by atoms with E-state index in [0.29, 0.717) is 5.82 Å². The van der Waals surface area contributed by atoms with Crippen molar-refractivity contribution < 1.29 is 14.6 Å². The number of aromatic nitrogens is 3. The highest BCUT2D eigenvalue weighted by molar-refractivity contribution is 5.84. The Morgan fingerprint density at radius 2 is 1.91 bits per heavy atom. The van der Waals surface area contributed by atoms with Crippen molar-refractivity contribution in [2.24, 2.45) is 5.92 Å². The normalized spacial score (nSPS) is 16.0. The van der Waals surface area contributed by atoms with E-state index in [4.69, 9.17) is 0 Å². The smallest absolute Gasteiger partial charge is 0.412 e. The van der Waals surface area contributed by atoms with Crippen molar-refractivity contribution in [1.29, 1.82) is 0 Å². The average molecular weight is 448 g/mol. The summed E-state index contributed by atoms with van der Waals surface area (Å²) in [7, 11) is 1.31. The summed E-state index contributed by atoms with van der Waals surface area (Å²) < 4.78 is 4.64. The minimum absolute atomic E-state index is 0.231. The van der Waals surface area contributed by atoms with Crippen molar-refractivity contribution in [1.82, 2.24) is 15.0 Å². The van der Waals surface area contributed by atoms with Gasteiger partial charge < -0.3 is 14.7 Å². The van der Waals surface area contributed by atoms with Crippen molar-refractivity contribution >= 4 is 17.6 Å². The fourth-order valence-corrected chi connectivity index (χ4v) is 4.13. The molecule has 4 heterocycles. The first kappa shape index (κ1) is 22.7. The Kier molecular flexibility index (Phi) is 6.29. The highest BCUT2D eigenvalue weighted by atomic mass is 16.5. The average Bonchev–Trinajstić information content (AvgIpc) is 3.31. The molecule has 0 saturated carbocycles. The van der Waals surface area contributed by atoms with E-state index in [1.807, 2.05) is 45.2 Å². The summed E-state index contributed by atoms with van der Waals surface area (Å²) >= 11 is 0. The van der Waals surface area contributed by atoms with E-state index in [1.54, 1.807) is 18.5 Å². The summed E-state index contributed by atoms with van der Waals surface area (Å²) in [5, 5.41) is 13.0. The third-order valence-corrected chi connectivity index (χ3v) is 6.17. The van der Waals surface area contributed by atoms with Crippen LogP contribution in [-0.2, 0) is 4.74 Å². The third-order valence-electron chi connectivity index (χ3n) is 6.17. The van der Waals surface area contributed by atoms with Crippen LogP contribution in [0.3, 0.4) is 0 Å². The number of aryl methyl sites for hydroxylation is 1. The summed E-state index contributed by atoms with van der Waals surface area (Å²) in [6.07, 6.45) is 5.67. The van der Waals surface area contributed by atoms with Crippen LogP contribution in [0.4, 0.5) is 16.3 Å². The van der Waals surface area contributed by atoms with Crippen LogP contribution in [0, 0.1) is 12.8 Å². The molecule has 1 aliphatic rings. The summed E-state index contributed by atoms with van der Waals surface area (Å²) in [6, 6.07) is 9.73. The number of carbonyl (C=O) groups excluding carboxylic acids is 1. The quantitative estimate of drug-likeness (QED) is 0.602. The van der Waals surface area contributed by atoms with Gasteiger partial charge in [-0.1, -0.05) is 0 Å². The lowest BCUT2D eigenvalue weighted by Crippen LogP contribution is -2.33. The van der Waals surface area contributed by atoms with E-state index in [-0.39, 0.29) is 5.92 Å². The van der Waals surface area contributed by atoms with Crippen molar-refractivity contribution in [3.05, 3.63) is 54.6 Å². The molecule has 1 atom stereocenters. The molecule has 3 aromatic rings. The van der Waals surface area contributed by atoms with Gasteiger partial charge in [-0.25, -0.2) is 9.78 Å². The minimum atomic E-state index is -0.693. The molecule has 0 spiro atoms. The summed E-state index contributed by atoms with van der Waals surface area (Å²) in [6.45, 7) is 7.46. The SMILES string of the molecule is COC(=O)Nc1cc(-c2cc(-c3cc(N4CCC(C(C)(C)O)C4)cnc3C)ccn2)ccn1. The Morgan fingerprint density at radius 1 is 1.15 bits per heavy atom. The molecule has 0 aromatic carbocycles. The zero-order chi connectivity index (χ0) is 23.6. The van der Waals surface area contributed by atoms with Crippen LogP contribution in [0.15, 0.2) is 48.9 Å². The van der Waals surface area contributed by atoms with Crippen molar-refractivity contribution in [3.63, 3.8) is 0 Å². The van der Waals surface area contributed by atoms with Crippen LogP contribution in [0.25, 0.3) is 22.4 Å². The largest absolute Gasteiger partial charge is 0.453 e. The molecule has 4 rings (SSSR count). The molecule has 8 nitrogen and oxygen atoms in total. The van der Waals surface area contributed by atoms with Gasteiger partial charge in [0.05, 0.1) is 30.3 Å². The number of hydrogen-bond acceptors (Lipinski definition) is 7. The lowest BCUT2D eigenvalue weighted by molar-refractivity contribution is 0.0263. The lowest BCUT2D eigenvalue weighted by atomic mass is 9.90. The standard InChI is InChI=1S/C25H29N5O3/c1-16-21(13-20(14-28-16)30-10-7-19(15-30)25(2,3)32)17-5-8-26-22(11-17)18-6-9-27-23(12-18)29-24(31)33-4/h5-6,8-9,11-14,19,32H,7,10,15H2,1-4H3,(H,27,29,31). The van der Waals surface area contributed by atoms with E-state index < -0.39 is 11.7 Å². The molecule has 2 N–H and O–H groups in total. The predicted octanol–water partition coefficient (Wildman–Crippen LogP) is 4.29. The molecule has 172 valence electrons. The molecular weight excluding hydrogens is 418 g/mol. The fraction of sp³-hybridized carbons (Fsp3) is 0.360. The number of methoxy groups -OCH3 is 1. The number of anilines is 2. The third kappa shape index (κ3) is 5.12. The summed E-state index contributed by atoms with van der Waals surface area (Å²) in [5.74, 6) is 0.621. The van der Waals surface area contributed by atoms with Gasteiger partial charge in [0.25, 0.3) is 0 Å². The number of aliphatic hydroxyl groups is 1. The van der Waals surface area contributed by atoms with Crippen LogP contribution in [0.1, 0.15) is 26.0 Å². The monoisotopic (exact) mass is 447 g/mol. The molecule has 0 bridgehead atoms. The Labute approximate surface area is 193 Å². The van der Waals surface area contributed by atoms with Crippen molar-refractivity contribution in [2.45, 2.75) is 32.8 Å². The van der Waals surface area contributed by atoms with Gasteiger partial charge in [-0.15, -0.1) is 0 Å². The number of nitrogens with zero attached hydrogens (tertiary/aromatic N) is 4. The molecule has 1 unspecified atom stereocenters. The van der Waals surface area contributed by atoms with Crippen LogP contribution in [0.2, 0.25) is 0 Å². The maximum absolute atomic E-state index is 11.5. The highest BCUT2D eigenvalue weighted by Gasteiger charge is 2.33. The van der Waals surface area contributed by atoms with Gasteiger partial charge in [0.2, 0.25) is 0 Å². The number of ether oxygens (including phenoxy) is 1. The van der Waals surface area contributed by atoms with Gasteiger partial charge in [0.15, 0.2) is 0 Å². The van der Waals surface area contributed by atoms with Gasteiger partial charge in [0, 0.05) is 48.2 Å². The van der Waals surface area contributed by atoms with E-state index in [0.717, 1.165) is 53.3 Å². The molecule has 33 heavy (non-hydrogen) atoms. The van der Waals surface area contributed by atoms with Crippen LogP contribution in [-0.4, -0.2) is 52.0 Å². The van der Waals surface area contributed by atoms with Gasteiger partial charge in [-0.05, 0) is 63.1 Å². The first-order chi connectivity index (χ1) is 15.7. The Morgan fingerprint density at radius 3 is 2.64 bits per heavy atom. The van der Waals surface area contributed by atoms with Crippen molar-refractivity contribution in [2.75, 3.05) is 30.4 Å². The van der Waals surface area contributed by atoms with E-state index in [9.17, 15) is 9.90 Å². The van der Waals surface area contributed by atoms with E-state index in [1.165, 1.54) is 7.11 Å². The number of rotatable bonds is 5. The molecular formula is C25H29N5O3. The predicted molar refractivity (Wildman–Crippen MR) is 128 cm³/mol. The molecule has 0 aliphatic carbocycles. The maximum Gasteiger partial charge on any atom is 0.412 e. The number of nitrogens with one attached hydrogen (secondary N) is 1. The number of amides is 1. The second-order valence-corrected chi connectivity index (χ2v) is 8.89. The second-order valence-electron chi connectivity index (χ2n) is 8.89. The van der Waals surface area contributed by atoms with Gasteiger partial charge in [-0.2, -0.15) is 0 Å². The topological polar surface area (TPSA) is 100 Å². The van der Waals surface area contributed by atoms with E-state index >= 15 is 0 Å².